The highest BCUT2D eigenvalue weighted by molar-refractivity contribution is 5.48. The Labute approximate surface area is 218 Å². The summed E-state index contributed by atoms with van der Waals surface area (Å²) in [6.45, 7) is 1.08. The van der Waals surface area contributed by atoms with Crippen molar-refractivity contribution in [2.45, 2.75) is 56.7 Å². The number of fused-ring (bicyclic) bond motifs is 3. The van der Waals surface area contributed by atoms with Gasteiger partial charge in [0.1, 0.15) is 23.9 Å². The van der Waals surface area contributed by atoms with Crippen LogP contribution in [-0.2, 0) is 19.1 Å². The highest BCUT2D eigenvalue weighted by Gasteiger charge is 2.57. The van der Waals surface area contributed by atoms with Crippen LogP contribution in [0.2, 0.25) is 0 Å². The molecule has 0 amide bonds. The maximum absolute atomic E-state index is 14.8. The van der Waals surface area contributed by atoms with Crippen LogP contribution in [0.15, 0.2) is 41.3 Å². The van der Waals surface area contributed by atoms with E-state index in [1.54, 1.807) is 10.6 Å². The number of anilines is 1. The highest BCUT2D eigenvalue weighted by atomic mass is 19.3. The van der Waals surface area contributed by atoms with Gasteiger partial charge in [0.25, 0.3) is 5.92 Å². The maximum atomic E-state index is 14.8. The number of hydrogen-bond donors (Lipinski definition) is 0. The summed E-state index contributed by atoms with van der Waals surface area (Å²) in [5.41, 5.74) is -1.22. The first-order valence-corrected chi connectivity index (χ1v) is 12.4. The Kier molecular flexibility index (Phi) is 5.99. The summed E-state index contributed by atoms with van der Waals surface area (Å²) >= 11 is 0. The number of alkyl halides is 4. The van der Waals surface area contributed by atoms with Gasteiger partial charge in [-0.15, -0.1) is 0 Å². The van der Waals surface area contributed by atoms with Crippen molar-refractivity contribution in [3.63, 3.8) is 0 Å². The Hall–Kier alpha value is -3.77. The van der Waals surface area contributed by atoms with Crippen LogP contribution in [0, 0.1) is 17.6 Å². The third-order valence-electron chi connectivity index (χ3n) is 7.37. The second kappa shape index (κ2) is 9.16. The molecule has 1 atom stereocenters. The van der Waals surface area contributed by atoms with Crippen molar-refractivity contribution in [3.05, 3.63) is 69.9 Å². The van der Waals surface area contributed by atoms with Crippen LogP contribution in [-0.4, -0.2) is 33.0 Å². The van der Waals surface area contributed by atoms with Gasteiger partial charge in [-0.3, -0.25) is 9.55 Å². The average Bonchev–Trinajstić information content (AvgIpc) is 3.46. The summed E-state index contributed by atoms with van der Waals surface area (Å²) < 4.78 is 97.3. The Morgan fingerprint density at radius 2 is 1.85 bits per heavy atom. The molecule has 1 aliphatic carbocycles. The molecule has 0 radical (unpaired) electrons. The molecule has 2 fully saturated rings. The standard InChI is InChI=1S/C26H22F6N4O3/c27-18-6-14(13-38-21-9-22-35-5-1-2-16(35)12-36(22)24(37)34-21)7-19(28)23(18)39-17-3-4-33-20(8-17)26(31,32)15-10-25(29,30)11-15/h3-4,6-9,15-16H,1-2,5,10-13H2/t16-/m1/s1. The molecular weight excluding hydrogens is 530 g/mol. The van der Waals surface area contributed by atoms with Crippen molar-refractivity contribution in [1.82, 2.24) is 14.5 Å². The zero-order chi connectivity index (χ0) is 27.5. The quantitative estimate of drug-likeness (QED) is 0.366. The third-order valence-corrected chi connectivity index (χ3v) is 7.37. The molecule has 0 unspecified atom stereocenters. The Balaban J connectivity index is 1.16. The van der Waals surface area contributed by atoms with Crippen molar-refractivity contribution in [2.75, 3.05) is 11.4 Å². The first-order chi connectivity index (χ1) is 18.5. The second-order valence-electron chi connectivity index (χ2n) is 10.1. The molecule has 1 saturated carbocycles. The summed E-state index contributed by atoms with van der Waals surface area (Å²) in [6.07, 6.45) is 0.992. The van der Waals surface area contributed by atoms with E-state index in [2.05, 4.69) is 14.9 Å². The summed E-state index contributed by atoms with van der Waals surface area (Å²) in [5.74, 6) is -11.1. The van der Waals surface area contributed by atoms with E-state index in [1.165, 1.54) is 0 Å². The first-order valence-electron chi connectivity index (χ1n) is 12.4. The molecule has 0 bridgehead atoms. The SMILES string of the molecule is O=c1nc(OCc2cc(F)c(Oc3ccnc(C(F)(F)C4CC(F)(F)C4)c3)c(F)c2)cc2n1C[C@H]1CCCN21. The molecule has 7 nitrogen and oxygen atoms in total. The number of aromatic nitrogens is 3. The van der Waals surface area contributed by atoms with Crippen LogP contribution >= 0.6 is 0 Å². The van der Waals surface area contributed by atoms with Gasteiger partial charge in [0, 0.05) is 56.2 Å². The van der Waals surface area contributed by atoms with E-state index in [9.17, 15) is 31.1 Å². The topological polar surface area (TPSA) is 69.5 Å². The number of pyridine rings is 1. The van der Waals surface area contributed by atoms with Crippen LogP contribution in [0.5, 0.6) is 17.4 Å². The zero-order valence-corrected chi connectivity index (χ0v) is 20.3. The van der Waals surface area contributed by atoms with Crippen molar-refractivity contribution < 1.29 is 35.8 Å². The van der Waals surface area contributed by atoms with Gasteiger partial charge in [0.05, 0.1) is 0 Å². The molecule has 39 heavy (non-hydrogen) atoms. The molecule has 3 aliphatic rings. The maximum Gasteiger partial charge on any atom is 0.352 e. The van der Waals surface area contributed by atoms with Crippen LogP contribution in [0.1, 0.15) is 36.9 Å². The van der Waals surface area contributed by atoms with E-state index in [1.807, 2.05) is 0 Å². The average molecular weight is 552 g/mol. The van der Waals surface area contributed by atoms with Crippen LogP contribution in [0.3, 0.4) is 0 Å². The monoisotopic (exact) mass is 552 g/mol. The minimum absolute atomic E-state index is 0.0226. The molecule has 4 heterocycles. The van der Waals surface area contributed by atoms with Gasteiger partial charge in [0.15, 0.2) is 17.4 Å². The summed E-state index contributed by atoms with van der Waals surface area (Å²) in [5, 5.41) is 0. The predicted molar refractivity (Wildman–Crippen MR) is 125 cm³/mol. The van der Waals surface area contributed by atoms with Gasteiger partial charge in [-0.25, -0.2) is 22.4 Å². The lowest BCUT2D eigenvalue weighted by Crippen LogP contribution is -2.44. The normalized spacial score (nSPS) is 19.9. The smallest absolute Gasteiger partial charge is 0.352 e. The molecule has 206 valence electrons. The van der Waals surface area contributed by atoms with E-state index >= 15 is 0 Å². The van der Waals surface area contributed by atoms with E-state index < -0.39 is 59.4 Å². The summed E-state index contributed by atoms with van der Waals surface area (Å²) in [6, 6.07) is 5.66. The number of rotatable bonds is 7. The molecule has 13 heteroatoms. The number of halogens is 6. The predicted octanol–water partition coefficient (Wildman–Crippen LogP) is 5.41. The number of nitrogens with zero attached hydrogens (tertiary/aromatic N) is 4. The fourth-order valence-corrected chi connectivity index (χ4v) is 5.35. The van der Waals surface area contributed by atoms with Gasteiger partial charge in [-0.05, 0) is 36.6 Å². The van der Waals surface area contributed by atoms with Crippen LogP contribution in [0.25, 0.3) is 0 Å². The third kappa shape index (κ3) is 4.67. The summed E-state index contributed by atoms with van der Waals surface area (Å²) in [7, 11) is 0. The molecule has 2 aromatic heterocycles. The van der Waals surface area contributed by atoms with Gasteiger partial charge in [-0.1, -0.05) is 0 Å². The van der Waals surface area contributed by atoms with E-state index in [4.69, 9.17) is 9.47 Å². The van der Waals surface area contributed by atoms with Crippen molar-refractivity contribution in [1.29, 1.82) is 0 Å². The number of benzene rings is 1. The lowest BCUT2D eigenvalue weighted by Gasteiger charge is -2.39. The van der Waals surface area contributed by atoms with Gasteiger partial charge in [0.2, 0.25) is 11.8 Å². The fourth-order valence-electron chi connectivity index (χ4n) is 5.35. The Morgan fingerprint density at radius 1 is 1.10 bits per heavy atom. The molecule has 3 aromatic rings. The molecule has 0 spiro atoms. The minimum Gasteiger partial charge on any atom is -0.473 e. The van der Waals surface area contributed by atoms with E-state index in [-0.39, 0.29) is 29.8 Å². The van der Waals surface area contributed by atoms with Gasteiger partial charge >= 0.3 is 5.69 Å². The first kappa shape index (κ1) is 25.5. The molecule has 2 aliphatic heterocycles. The lowest BCUT2D eigenvalue weighted by atomic mass is 9.76. The van der Waals surface area contributed by atoms with Gasteiger partial charge in [-0.2, -0.15) is 13.8 Å². The minimum atomic E-state index is -3.66. The van der Waals surface area contributed by atoms with E-state index in [0.29, 0.717) is 12.4 Å². The van der Waals surface area contributed by atoms with Crippen molar-refractivity contribution >= 4 is 5.82 Å². The number of ether oxygens (including phenoxy) is 2. The Morgan fingerprint density at radius 3 is 2.56 bits per heavy atom. The molecule has 1 aromatic carbocycles. The molecule has 1 saturated heterocycles. The molecule has 6 rings (SSSR count). The second-order valence-corrected chi connectivity index (χ2v) is 10.1. The van der Waals surface area contributed by atoms with Gasteiger partial charge < -0.3 is 14.4 Å². The molecule has 0 N–H and O–H groups in total. The highest BCUT2D eigenvalue weighted by Crippen LogP contribution is 2.53. The van der Waals surface area contributed by atoms with Crippen LogP contribution < -0.4 is 20.1 Å². The lowest BCUT2D eigenvalue weighted by molar-refractivity contribution is -0.199. The largest absolute Gasteiger partial charge is 0.473 e. The summed E-state index contributed by atoms with van der Waals surface area (Å²) in [4.78, 5) is 22.0. The zero-order valence-electron chi connectivity index (χ0n) is 20.3. The van der Waals surface area contributed by atoms with E-state index in [0.717, 1.165) is 49.8 Å². The van der Waals surface area contributed by atoms with Crippen molar-refractivity contribution in [3.8, 4) is 17.4 Å². The Bertz CT molecular complexity index is 1470. The number of hydrogen-bond acceptors (Lipinski definition) is 6. The van der Waals surface area contributed by atoms with Crippen LogP contribution in [0.4, 0.5) is 32.2 Å². The fraction of sp³-hybridized carbons (Fsp3) is 0.423. The van der Waals surface area contributed by atoms with Crippen molar-refractivity contribution in [2.24, 2.45) is 5.92 Å². The molecular formula is C26H22F6N4O3.